The van der Waals surface area contributed by atoms with Gasteiger partial charge >= 0.3 is 0 Å². The van der Waals surface area contributed by atoms with E-state index in [9.17, 15) is 4.79 Å². The Kier molecular flexibility index (Phi) is 4.44. The van der Waals surface area contributed by atoms with Crippen LogP contribution in [0.5, 0.6) is 11.5 Å². The molecule has 0 aliphatic carbocycles. The summed E-state index contributed by atoms with van der Waals surface area (Å²) in [5.41, 5.74) is 5.56. The molecule has 0 radical (unpaired) electrons. The zero-order valence-corrected chi connectivity index (χ0v) is 16.3. The van der Waals surface area contributed by atoms with E-state index >= 15 is 0 Å². The quantitative estimate of drug-likeness (QED) is 0.508. The fourth-order valence-corrected chi connectivity index (χ4v) is 3.32. The van der Waals surface area contributed by atoms with Gasteiger partial charge in [0.15, 0.2) is 11.5 Å². The maximum Gasteiger partial charge on any atom is 0.248 e. The Hall–Kier alpha value is -4.06. The van der Waals surface area contributed by atoms with E-state index in [0.29, 0.717) is 5.75 Å². The second-order valence-corrected chi connectivity index (χ2v) is 7.11. The van der Waals surface area contributed by atoms with Crippen LogP contribution in [0.3, 0.4) is 0 Å². The van der Waals surface area contributed by atoms with Crippen molar-refractivity contribution in [2.75, 3.05) is 12.1 Å². The first-order valence-corrected chi connectivity index (χ1v) is 9.59. The largest absolute Gasteiger partial charge is 0.454 e. The number of hydrogen-bond acceptors (Lipinski definition) is 4. The Morgan fingerprint density at radius 3 is 2.77 bits per heavy atom. The second-order valence-electron chi connectivity index (χ2n) is 7.11. The molecule has 4 aromatic rings. The number of rotatable bonds is 4. The van der Waals surface area contributed by atoms with E-state index in [1.165, 1.54) is 11.6 Å². The molecule has 1 aliphatic heterocycles. The van der Waals surface area contributed by atoms with Crippen molar-refractivity contribution in [3.8, 4) is 22.8 Å². The highest BCUT2D eigenvalue weighted by Gasteiger charge is 2.12. The van der Waals surface area contributed by atoms with Crippen LogP contribution in [0.25, 0.3) is 23.0 Å². The lowest BCUT2D eigenvalue weighted by Crippen LogP contribution is -2.07. The van der Waals surface area contributed by atoms with Gasteiger partial charge in [-0.15, -0.1) is 0 Å². The van der Waals surface area contributed by atoms with Gasteiger partial charge in [0.1, 0.15) is 5.65 Å². The molecule has 0 atom stereocenters. The molecular weight excluding hydrogens is 378 g/mol. The summed E-state index contributed by atoms with van der Waals surface area (Å²) in [5, 5.41) is 2.87. The molecule has 2 aromatic heterocycles. The third-order valence-electron chi connectivity index (χ3n) is 4.89. The van der Waals surface area contributed by atoms with Gasteiger partial charge in [-0.2, -0.15) is 0 Å². The van der Waals surface area contributed by atoms with E-state index in [1.54, 1.807) is 6.08 Å². The number of anilines is 1. The Labute approximate surface area is 173 Å². The minimum atomic E-state index is -0.205. The number of carbonyl (C=O) groups excluding carboxylic acids is 1. The number of benzene rings is 2. The highest BCUT2D eigenvalue weighted by atomic mass is 16.7. The van der Waals surface area contributed by atoms with Crippen molar-refractivity contribution in [1.29, 1.82) is 0 Å². The molecule has 30 heavy (non-hydrogen) atoms. The van der Waals surface area contributed by atoms with E-state index in [0.717, 1.165) is 33.9 Å². The molecule has 1 aliphatic rings. The maximum absolute atomic E-state index is 12.3. The smallest absolute Gasteiger partial charge is 0.248 e. The summed E-state index contributed by atoms with van der Waals surface area (Å²) < 4.78 is 12.6. The molecule has 6 heteroatoms. The van der Waals surface area contributed by atoms with Crippen LogP contribution >= 0.6 is 0 Å². The number of hydrogen-bond donors (Lipinski definition) is 1. The number of aromatic nitrogens is 2. The van der Waals surface area contributed by atoms with Gasteiger partial charge in [-0.05, 0) is 60.5 Å². The molecule has 0 spiro atoms. The number of imidazole rings is 1. The lowest BCUT2D eigenvalue weighted by molar-refractivity contribution is -0.111. The molecule has 5 rings (SSSR count). The van der Waals surface area contributed by atoms with Crippen molar-refractivity contribution in [3.05, 3.63) is 84.2 Å². The van der Waals surface area contributed by atoms with E-state index in [-0.39, 0.29) is 12.7 Å². The molecular formula is C24H19N3O3. The van der Waals surface area contributed by atoms with Crippen molar-refractivity contribution in [2.45, 2.75) is 6.92 Å². The lowest BCUT2D eigenvalue weighted by Gasteiger charge is -2.03. The Morgan fingerprint density at radius 1 is 1.07 bits per heavy atom. The van der Waals surface area contributed by atoms with E-state index in [1.807, 2.05) is 78.3 Å². The number of aryl methyl sites for hydroxylation is 1. The van der Waals surface area contributed by atoms with Gasteiger partial charge in [-0.3, -0.25) is 4.79 Å². The van der Waals surface area contributed by atoms with Crippen molar-refractivity contribution >= 4 is 23.3 Å². The summed E-state index contributed by atoms with van der Waals surface area (Å²) in [7, 11) is 0. The van der Waals surface area contributed by atoms with Crippen LogP contribution in [0, 0.1) is 6.92 Å². The van der Waals surface area contributed by atoms with Crippen molar-refractivity contribution in [2.24, 2.45) is 0 Å². The summed E-state index contributed by atoms with van der Waals surface area (Å²) in [6.07, 6.45) is 7.24. The van der Waals surface area contributed by atoms with Gasteiger partial charge in [0.2, 0.25) is 12.7 Å². The standard InChI is InChI=1S/C24H19N3O3/c1-16-10-11-27-14-20(26-23(27)12-16)18-4-6-19(7-5-18)25-24(28)9-3-17-2-8-21-22(13-17)30-15-29-21/h2-14H,15H2,1H3,(H,25,28)/b9-3+. The van der Waals surface area contributed by atoms with Crippen molar-refractivity contribution < 1.29 is 14.3 Å². The van der Waals surface area contributed by atoms with Crippen LogP contribution in [0.1, 0.15) is 11.1 Å². The predicted octanol–water partition coefficient (Wildman–Crippen LogP) is 4.69. The Balaban J connectivity index is 1.26. The van der Waals surface area contributed by atoms with Crippen molar-refractivity contribution in [3.63, 3.8) is 0 Å². The molecule has 0 unspecified atom stereocenters. The first kappa shape index (κ1) is 18.0. The SMILES string of the molecule is Cc1ccn2cc(-c3ccc(NC(=O)/C=C/c4ccc5c(c4)OCO5)cc3)nc2c1. The third kappa shape index (κ3) is 3.63. The molecule has 148 valence electrons. The summed E-state index contributed by atoms with van der Waals surface area (Å²) in [6.45, 7) is 2.28. The number of fused-ring (bicyclic) bond motifs is 2. The fraction of sp³-hybridized carbons (Fsp3) is 0.0833. The average Bonchev–Trinajstić information content (AvgIpc) is 3.38. The lowest BCUT2D eigenvalue weighted by atomic mass is 10.1. The molecule has 1 N–H and O–H groups in total. The first-order chi connectivity index (χ1) is 14.6. The molecule has 0 fully saturated rings. The van der Waals surface area contributed by atoms with Crippen LogP contribution in [-0.4, -0.2) is 22.1 Å². The zero-order chi connectivity index (χ0) is 20.5. The van der Waals surface area contributed by atoms with Gasteiger partial charge < -0.3 is 19.2 Å². The van der Waals surface area contributed by atoms with Crippen LogP contribution in [0.4, 0.5) is 5.69 Å². The maximum atomic E-state index is 12.3. The second kappa shape index (κ2) is 7.40. The monoisotopic (exact) mass is 397 g/mol. The highest BCUT2D eigenvalue weighted by molar-refractivity contribution is 6.02. The molecule has 1 amide bonds. The Bertz CT molecular complexity index is 1270. The van der Waals surface area contributed by atoms with Gasteiger partial charge in [0.25, 0.3) is 0 Å². The normalized spacial score (nSPS) is 12.6. The predicted molar refractivity (Wildman–Crippen MR) is 116 cm³/mol. The van der Waals surface area contributed by atoms with Crippen LogP contribution < -0.4 is 14.8 Å². The molecule has 0 bridgehead atoms. The molecule has 0 saturated carbocycles. The summed E-state index contributed by atoms with van der Waals surface area (Å²) >= 11 is 0. The number of pyridine rings is 1. The minimum Gasteiger partial charge on any atom is -0.454 e. The van der Waals surface area contributed by atoms with E-state index < -0.39 is 0 Å². The molecule has 6 nitrogen and oxygen atoms in total. The van der Waals surface area contributed by atoms with E-state index in [2.05, 4.69) is 10.3 Å². The molecule has 2 aromatic carbocycles. The fourth-order valence-electron chi connectivity index (χ4n) is 3.32. The number of nitrogens with one attached hydrogen (secondary N) is 1. The van der Waals surface area contributed by atoms with E-state index in [4.69, 9.17) is 9.47 Å². The number of nitrogens with zero attached hydrogens (tertiary/aromatic N) is 2. The summed E-state index contributed by atoms with van der Waals surface area (Å²) in [5.74, 6) is 1.20. The molecule has 3 heterocycles. The van der Waals surface area contributed by atoms with Gasteiger partial charge in [0, 0.05) is 29.7 Å². The topological polar surface area (TPSA) is 64.9 Å². The van der Waals surface area contributed by atoms with Crippen LogP contribution in [0.15, 0.2) is 73.1 Å². The number of carbonyl (C=O) groups is 1. The first-order valence-electron chi connectivity index (χ1n) is 9.59. The van der Waals surface area contributed by atoms with Crippen molar-refractivity contribution in [1.82, 2.24) is 9.38 Å². The number of ether oxygens (including phenoxy) is 2. The Morgan fingerprint density at radius 2 is 1.90 bits per heavy atom. The van der Waals surface area contributed by atoms with Crippen LogP contribution in [-0.2, 0) is 4.79 Å². The average molecular weight is 397 g/mol. The number of amides is 1. The van der Waals surface area contributed by atoms with Gasteiger partial charge in [-0.1, -0.05) is 18.2 Å². The molecule has 0 saturated heterocycles. The highest BCUT2D eigenvalue weighted by Crippen LogP contribution is 2.32. The van der Waals surface area contributed by atoms with Crippen LogP contribution in [0.2, 0.25) is 0 Å². The minimum absolute atomic E-state index is 0.205. The third-order valence-corrected chi connectivity index (χ3v) is 4.89. The van der Waals surface area contributed by atoms with Gasteiger partial charge in [0.05, 0.1) is 5.69 Å². The summed E-state index contributed by atoms with van der Waals surface area (Å²) in [6, 6.07) is 17.3. The zero-order valence-electron chi connectivity index (χ0n) is 16.3. The summed E-state index contributed by atoms with van der Waals surface area (Å²) in [4.78, 5) is 16.9. The van der Waals surface area contributed by atoms with Gasteiger partial charge in [-0.25, -0.2) is 4.98 Å².